The standard InChI is InChI=1S/C21H20N4O2S2/c1-14-6-3-8-17(15(14)2)22-19(26)13-29-21-24-23-20(18-9-5-11-28-18)25(21)12-16-7-4-10-27-16/h3-11H,12-13H2,1-2H3,(H,22,26). The topological polar surface area (TPSA) is 73.0 Å². The van der Waals surface area contributed by atoms with Crippen LogP contribution in [0.25, 0.3) is 10.7 Å². The summed E-state index contributed by atoms with van der Waals surface area (Å²) in [6.07, 6.45) is 1.65. The summed E-state index contributed by atoms with van der Waals surface area (Å²) in [5, 5.41) is 14.4. The molecule has 4 aromatic rings. The summed E-state index contributed by atoms with van der Waals surface area (Å²) in [5.74, 6) is 1.75. The summed E-state index contributed by atoms with van der Waals surface area (Å²) in [4.78, 5) is 13.5. The average molecular weight is 425 g/mol. The number of amides is 1. The van der Waals surface area contributed by atoms with Crippen LogP contribution in [0, 0.1) is 13.8 Å². The zero-order chi connectivity index (χ0) is 20.2. The third-order valence-electron chi connectivity index (χ3n) is 4.56. The maximum atomic E-state index is 12.5. The number of furan rings is 1. The zero-order valence-electron chi connectivity index (χ0n) is 16.1. The lowest BCUT2D eigenvalue weighted by molar-refractivity contribution is -0.113. The van der Waals surface area contributed by atoms with Gasteiger partial charge in [-0.15, -0.1) is 21.5 Å². The highest BCUT2D eigenvalue weighted by Crippen LogP contribution is 2.28. The molecule has 0 saturated heterocycles. The maximum absolute atomic E-state index is 12.5. The predicted molar refractivity (Wildman–Crippen MR) is 116 cm³/mol. The molecule has 0 aliphatic carbocycles. The Labute approximate surface area is 177 Å². The first-order valence-electron chi connectivity index (χ1n) is 9.10. The van der Waals surface area contributed by atoms with Gasteiger partial charge in [-0.3, -0.25) is 9.36 Å². The van der Waals surface area contributed by atoms with Crippen molar-refractivity contribution in [2.75, 3.05) is 11.1 Å². The molecule has 8 heteroatoms. The van der Waals surface area contributed by atoms with Gasteiger partial charge in [0.15, 0.2) is 11.0 Å². The highest BCUT2D eigenvalue weighted by atomic mass is 32.2. The number of carbonyl (C=O) groups is 1. The lowest BCUT2D eigenvalue weighted by atomic mass is 10.1. The van der Waals surface area contributed by atoms with Crippen LogP contribution >= 0.6 is 23.1 Å². The van der Waals surface area contributed by atoms with E-state index in [1.165, 1.54) is 11.8 Å². The van der Waals surface area contributed by atoms with Crippen LogP contribution in [0.15, 0.2) is 63.7 Å². The molecule has 6 nitrogen and oxygen atoms in total. The van der Waals surface area contributed by atoms with E-state index in [0.29, 0.717) is 11.7 Å². The quantitative estimate of drug-likeness (QED) is 0.423. The second kappa shape index (κ2) is 8.67. The van der Waals surface area contributed by atoms with E-state index in [2.05, 4.69) is 15.5 Å². The van der Waals surface area contributed by atoms with E-state index in [9.17, 15) is 4.79 Å². The summed E-state index contributed by atoms with van der Waals surface area (Å²) >= 11 is 2.97. The van der Waals surface area contributed by atoms with Gasteiger partial charge in [-0.05, 0) is 54.6 Å². The Hall–Kier alpha value is -2.84. The van der Waals surface area contributed by atoms with Crippen molar-refractivity contribution in [2.45, 2.75) is 25.5 Å². The Morgan fingerprint density at radius 1 is 1.17 bits per heavy atom. The van der Waals surface area contributed by atoms with Gasteiger partial charge in [0.05, 0.1) is 23.4 Å². The molecule has 0 unspecified atom stereocenters. The molecule has 3 heterocycles. The minimum absolute atomic E-state index is 0.0751. The van der Waals surface area contributed by atoms with Crippen molar-refractivity contribution in [1.82, 2.24) is 14.8 Å². The first kappa shape index (κ1) is 19.5. The van der Waals surface area contributed by atoms with Crippen molar-refractivity contribution in [2.24, 2.45) is 0 Å². The Kier molecular flexibility index (Phi) is 5.82. The van der Waals surface area contributed by atoms with Gasteiger partial charge in [0, 0.05) is 5.69 Å². The monoisotopic (exact) mass is 424 g/mol. The highest BCUT2D eigenvalue weighted by Gasteiger charge is 2.18. The molecule has 0 aliphatic rings. The van der Waals surface area contributed by atoms with Gasteiger partial charge in [0.2, 0.25) is 5.91 Å². The van der Waals surface area contributed by atoms with Crippen LogP contribution in [0.3, 0.4) is 0 Å². The maximum Gasteiger partial charge on any atom is 0.234 e. The van der Waals surface area contributed by atoms with Gasteiger partial charge in [0.1, 0.15) is 5.76 Å². The van der Waals surface area contributed by atoms with E-state index < -0.39 is 0 Å². The SMILES string of the molecule is Cc1cccc(NC(=O)CSc2nnc(-c3cccs3)n2Cc2ccco2)c1C. The van der Waals surface area contributed by atoms with E-state index in [1.807, 2.05) is 66.3 Å². The molecular weight excluding hydrogens is 404 g/mol. The zero-order valence-corrected chi connectivity index (χ0v) is 17.7. The number of aryl methyl sites for hydroxylation is 1. The number of aromatic nitrogens is 3. The fourth-order valence-corrected chi connectivity index (χ4v) is 4.34. The molecule has 0 aliphatic heterocycles. The van der Waals surface area contributed by atoms with Crippen LogP contribution in [-0.2, 0) is 11.3 Å². The molecule has 1 aromatic carbocycles. The number of thioether (sulfide) groups is 1. The third kappa shape index (κ3) is 4.44. The third-order valence-corrected chi connectivity index (χ3v) is 6.40. The van der Waals surface area contributed by atoms with Gasteiger partial charge >= 0.3 is 0 Å². The number of hydrogen-bond donors (Lipinski definition) is 1. The van der Waals surface area contributed by atoms with Gasteiger partial charge in [-0.1, -0.05) is 30.0 Å². The number of hydrogen-bond acceptors (Lipinski definition) is 6. The van der Waals surface area contributed by atoms with Crippen LogP contribution in [0.1, 0.15) is 16.9 Å². The average Bonchev–Trinajstić information content (AvgIpc) is 3.46. The summed E-state index contributed by atoms with van der Waals surface area (Å²) in [7, 11) is 0. The second-order valence-electron chi connectivity index (χ2n) is 6.53. The van der Waals surface area contributed by atoms with Crippen molar-refractivity contribution in [3.05, 3.63) is 71.0 Å². The first-order chi connectivity index (χ1) is 14.1. The summed E-state index contributed by atoms with van der Waals surface area (Å²) in [5.41, 5.74) is 3.06. The molecule has 0 saturated carbocycles. The second-order valence-corrected chi connectivity index (χ2v) is 8.42. The molecule has 0 atom stereocenters. The predicted octanol–water partition coefficient (Wildman–Crippen LogP) is 5.00. The number of nitrogens with zero attached hydrogens (tertiary/aromatic N) is 3. The molecule has 29 heavy (non-hydrogen) atoms. The Morgan fingerprint density at radius 3 is 2.83 bits per heavy atom. The van der Waals surface area contributed by atoms with Gasteiger partial charge < -0.3 is 9.73 Å². The van der Waals surface area contributed by atoms with E-state index in [-0.39, 0.29) is 11.7 Å². The van der Waals surface area contributed by atoms with Crippen LogP contribution in [0.2, 0.25) is 0 Å². The van der Waals surface area contributed by atoms with Crippen LogP contribution in [0.5, 0.6) is 0 Å². The fourth-order valence-electron chi connectivity index (χ4n) is 2.89. The molecule has 1 amide bonds. The van der Waals surface area contributed by atoms with Crippen molar-refractivity contribution in [3.63, 3.8) is 0 Å². The molecule has 0 bridgehead atoms. The van der Waals surface area contributed by atoms with Crippen LogP contribution in [-0.4, -0.2) is 26.4 Å². The molecular formula is C21H20N4O2S2. The minimum Gasteiger partial charge on any atom is -0.467 e. The lowest BCUT2D eigenvalue weighted by Crippen LogP contribution is -2.15. The van der Waals surface area contributed by atoms with Gasteiger partial charge in [-0.25, -0.2) is 0 Å². The Bertz CT molecular complexity index is 1100. The number of nitrogens with one attached hydrogen (secondary N) is 1. The minimum atomic E-state index is -0.0751. The van der Waals surface area contributed by atoms with Crippen molar-refractivity contribution >= 4 is 34.7 Å². The number of thiophene rings is 1. The van der Waals surface area contributed by atoms with E-state index in [4.69, 9.17) is 4.42 Å². The summed E-state index contributed by atoms with van der Waals surface area (Å²) < 4.78 is 7.49. The lowest BCUT2D eigenvalue weighted by Gasteiger charge is -2.11. The molecule has 0 fully saturated rings. The normalized spacial score (nSPS) is 11.0. The smallest absolute Gasteiger partial charge is 0.234 e. The number of rotatable bonds is 7. The molecule has 148 valence electrons. The Balaban J connectivity index is 1.51. The van der Waals surface area contributed by atoms with E-state index >= 15 is 0 Å². The van der Waals surface area contributed by atoms with Crippen molar-refractivity contribution in [1.29, 1.82) is 0 Å². The first-order valence-corrected chi connectivity index (χ1v) is 11.0. The number of carbonyl (C=O) groups excluding carboxylic acids is 1. The summed E-state index contributed by atoms with van der Waals surface area (Å²) in [6, 6.07) is 13.7. The van der Waals surface area contributed by atoms with Crippen molar-refractivity contribution < 1.29 is 9.21 Å². The largest absolute Gasteiger partial charge is 0.467 e. The van der Waals surface area contributed by atoms with Crippen LogP contribution in [0.4, 0.5) is 5.69 Å². The number of benzene rings is 1. The fraction of sp³-hybridized carbons (Fsp3) is 0.190. The summed E-state index contributed by atoms with van der Waals surface area (Å²) in [6.45, 7) is 4.54. The molecule has 4 rings (SSSR count). The Morgan fingerprint density at radius 2 is 2.07 bits per heavy atom. The van der Waals surface area contributed by atoms with E-state index in [0.717, 1.165) is 33.3 Å². The van der Waals surface area contributed by atoms with Gasteiger partial charge in [0.25, 0.3) is 0 Å². The number of anilines is 1. The highest BCUT2D eigenvalue weighted by molar-refractivity contribution is 7.99. The molecule has 3 aromatic heterocycles. The molecule has 0 radical (unpaired) electrons. The van der Waals surface area contributed by atoms with Crippen molar-refractivity contribution in [3.8, 4) is 10.7 Å². The van der Waals surface area contributed by atoms with Crippen LogP contribution < -0.4 is 5.32 Å². The molecule has 0 spiro atoms. The van der Waals surface area contributed by atoms with Gasteiger partial charge in [-0.2, -0.15) is 0 Å². The van der Waals surface area contributed by atoms with E-state index in [1.54, 1.807) is 17.6 Å². The molecule has 1 N–H and O–H groups in total.